The quantitative estimate of drug-likeness (QED) is 0.478. The van der Waals surface area contributed by atoms with Gasteiger partial charge in [0.2, 0.25) is 0 Å². The van der Waals surface area contributed by atoms with Gasteiger partial charge in [0, 0.05) is 4.47 Å². The monoisotopic (exact) mass is 367 g/mol. The highest BCUT2D eigenvalue weighted by molar-refractivity contribution is 9.10. The van der Waals surface area contributed by atoms with E-state index in [1.54, 1.807) is 12.3 Å². The van der Waals surface area contributed by atoms with Crippen molar-refractivity contribution in [1.82, 2.24) is 5.43 Å². The molecule has 3 nitrogen and oxygen atoms in total. The van der Waals surface area contributed by atoms with E-state index >= 15 is 0 Å². The minimum Gasteiger partial charge on any atom is -0.330 e. The average molecular weight is 369 g/mol. The zero-order valence-electron chi connectivity index (χ0n) is 10.3. The van der Waals surface area contributed by atoms with Crippen molar-refractivity contribution in [3.05, 3.63) is 63.6 Å². The van der Waals surface area contributed by atoms with Crippen LogP contribution in [-0.2, 0) is 0 Å². The second-order valence-corrected chi connectivity index (χ2v) is 5.59. The van der Waals surface area contributed by atoms with Gasteiger partial charge in [-0.15, -0.1) is 0 Å². The Balaban J connectivity index is 1.89. The fourth-order valence-corrected chi connectivity index (χ4v) is 2.04. The standard InChI is InChI=1S/C14H11BrClN3S/c15-11-7-5-10(6-8-11)9-17-19-14(20)18-13-4-2-1-3-12(13)16/h1-9H,(H2,18,19,20)/b17-9-. The average Bonchev–Trinajstić information content (AvgIpc) is 2.44. The van der Waals surface area contributed by atoms with Gasteiger partial charge >= 0.3 is 0 Å². The highest BCUT2D eigenvalue weighted by atomic mass is 79.9. The summed E-state index contributed by atoms with van der Waals surface area (Å²) in [6, 6.07) is 15.1. The summed E-state index contributed by atoms with van der Waals surface area (Å²) < 4.78 is 1.03. The Labute approximate surface area is 136 Å². The largest absolute Gasteiger partial charge is 0.330 e. The molecule has 0 aliphatic rings. The number of anilines is 1. The van der Waals surface area contributed by atoms with Crippen molar-refractivity contribution < 1.29 is 0 Å². The first-order chi connectivity index (χ1) is 9.65. The summed E-state index contributed by atoms with van der Waals surface area (Å²) in [4.78, 5) is 0. The molecule has 0 fully saturated rings. The van der Waals surface area contributed by atoms with E-state index in [0.717, 1.165) is 15.7 Å². The summed E-state index contributed by atoms with van der Waals surface area (Å²) in [6.07, 6.45) is 1.69. The maximum Gasteiger partial charge on any atom is 0.191 e. The molecule has 0 aliphatic carbocycles. The van der Waals surface area contributed by atoms with Crippen LogP contribution in [0.1, 0.15) is 5.56 Å². The first kappa shape index (κ1) is 15.0. The molecule has 2 rings (SSSR count). The molecule has 0 bridgehead atoms. The summed E-state index contributed by atoms with van der Waals surface area (Å²) in [5, 5.41) is 8.02. The lowest BCUT2D eigenvalue weighted by atomic mass is 10.2. The SMILES string of the molecule is S=C(N/N=C\c1ccc(Br)cc1)Nc1ccccc1Cl. The van der Waals surface area contributed by atoms with Gasteiger partial charge in [-0.1, -0.05) is 51.8 Å². The number of rotatable bonds is 3. The molecule has 2 N–H and O–H groups in total. The number of hydrogen-bond acceptors (Lipinski definition) is 2. The minimum absolute atomic E-state index is 0.381. The van der Waals surface area contributed by atoms with Crippen molar-refractivity contribution in [2.24, 2.45) is 5.10 Å². The van der Waals surface area contributed by atoms with Gasteiger partial charge in [0.1, 0.15) is 0 Å². The second-order valence-electron chi connectivity index (χ2n) is 3.86. The molecule has 102 valence electrons. The van der Waals surface area contributed by atoms with Crippen LogP contribution in [0.4, 0.5) is 5.69 Å². The number of nitrogens with one attached hydrogen (secondary N) is 2. The van der Waals surface area contributed by atoms with Crippen LogP contribution in [0.2, 0.25) is 5.02 Å². The van der Waals surface area contributed by atoms with Crippen LogP contribution in [0.15, 0.2) is 58.1 Å². The Morgan fingerprint density at radius 2 is 1.85 bits per heavy atom. The van der Waals surface area contributed by atoms with Gasteiger partial charge in [-0.25, -0.2) is 0 Å². The van der Waals surface area contributed by atoms with E-state index in [2.05, 4.69) is 31.8 Å². The molecular formula is C14H11BrClN3S. The van der Waals surface area contributed by atoms with Gasteiger partial charge < -0.3 is 5.32 Å². The van der Waals surface area contributed by atoms with Crippen molar-refractivity contribution >= 4 is 56.8 Å². The molecule has 6 heteroatoms. The van der Waals surface area contributed by atoms with E-state index in [1.807, 2.05) is 42.5 Å². The van der Waals surface area contributed by atoms with Crippen molar-refractivity contribution in [2.75, 3.05) is 5.32 Å². The van der Waals surface area contributed by atoms with E-state index in [1.165, 1.54) is 0 Å². The third-order valence-corrected chi connectivity index (χ3v) is 3.42. The topological polar surface area (TPSA) is 36.4 Å². The van der Waals surface area contributed by atoms with E-state index in [-0.39, 0.29) is 0 Å². The number of nitrogens with zero attached hydrogens (tertiary/aromatic N) is 1. The second kappa shape index (κ2) is 7.38. The fraction of sp³-hybridized carbons (Fsp3) is 0. The Morgan fingerprint density at radius 1 is 1.15 bits per heavy atom. The lowest BCUT2D eigenvalue weighted by Crippen LogP contribution is -2.23. The third-order valence-electron chi connectivity index (χ3n) is 2.37. The van der Waals surface area contributed by atoms with Gasteiger partial charge in [0.15, 0.2) is 5.11 Å². The Kier molecular flexibility index (Phi) is 5.52. The number of hydrazone groups is 1. The van der Waals surface area contributed by atoms with Gasteiger partial charge in [0.25, 0.3) is 0 Å². The van der Waals surface area contributed by atoms with Crippen molar-refractivity contribution in [3.63, 3.8) is 0 Å². The zero-order chi connectivity index (χ0) is 14.4. The van der Waals surface area contributed by atoms with Gasteiger partial charge in [-0.3, -0.25) is 5.43 Å². The molecule has 2 aromatic carbocycles. The molecule has 20 heavy (non-hydrogen) atoms. The smallest absolute Gasteiger partial charge is 0.191 e. The van der Waals surface area contributed by atoms with Crippen LogP contribution < -0.4 is 10.7 Å². The van der Waals surface area contributed by atoms with Crippen LogP contribution in [0.25, 0.3) is 0 Å². The summed E-state index contributed by atoms with van der Waals surface area (Å²) in [6.45, 7) is 0. The van der Waals surface area contributed by atoms with Crippen molar-refractivity contribution in [2.45, 2.75) is 0 Å². The molecule has 0 spiro atoms. The highest BCUT2D eigenvalue weighted by Gasteiger charge is 2.00. The summed E-state index contributed by atoms with van der Waals surface area (Å²) >= 11 is 14.5. The molecule has 0 aliphatic heterocycles. The maximum atomic E-state index is 6.02. The lowest BCUT2D eigenvalue weighted by molar-refractivity contribution is 1.05. The predicted molar refractivity (Wildman–Crippen MR) is 92.5 cm³/mol. The van der Waals surface area contributed by atoms with Crippen molar-refractivity contribution in [1.29, 1.82) is 0 Å². The minimum atomic E-state index is 0.381. The fourth-order valence-electron chi connectivity index (χ4n) is 1.43. The molecule has 2 aromatic rings. The van der Waals surface area contributed by atoms with Crippen LogP contribution in [0.3, 0.4) is 0 Å². The molecule has 0 heterocycles. The molecule has 0 atom stereocenters. The molecule has 0 saturated heterocycles. The maximum absolute atomic E-state index is 6.02. The molecule has 0 amide bonds. The van der Waals surface area contributed by atoms with Gasteiger partial charge in [-0.2, -0.15) is 5.10 Å². The van der Waals surface area contributed by atoms with Gasteiger partial charge in [-0.05, 0) is 42.0 Å². The summed E-state index contributed by atoms with van der Waals surface area (Å²) in [7, 11) is 0. The van der Waals surface area contributed by atoms with Gasteiger partial charge in [0.05, 0.1) is 16.9 Å². The van der Waals surface area contributed by atoms with Crippen molar-refractivity contribution in [3.8, 4) is 0 Å². The first-order valence-electron chi connectivity index (χ1n) is 5.75. The predicted octanol–water partition coefficient (Wildman–Crippen LogP) is 4.42. The number of para-hydroxylation sites is 1. The Morgan fingerprint density at radius 3 is 2.55 bits per heavy atom. The normalized spacial score (nSPS) is 10.5. The zero-order valence-corrected chi connectivity index (χ0v) is 13.5. The molecular weight excluding hydrogens is 358 g/mol. The molecule has 0 saturated carbocycles. The third kappa shape index (κ3) is 4.59. The summed E-state index contributed by atoms with van der Waals surface area (Å²) in [5.74, 6) is 0. The van der Waals surface area contributed by atoms with Crippen LogP contribution in [0, 0.1) is 0 Å². The number of hydrogen-bond donors (Lipinski definition) is 2. The first-order valence-corrected chi connectivity index (χ1v) is 7.33. The number of benzene rings is 2. The van der Waals surface area contributed by atoms with E-state index in [9.17, 15) is 0 Å². The lowest BCUT2D eigenvalue weighted by Gasteiger charge is -2.08. The molecule has 0 unspecified atom stereocenters. The van der Waals surface area contributed by atoms with E-state index < -0.39 is 0 Å². The van der Waals surface area contributed by atoms with E-state index in [0.29, 0.717) is 10.1 Å². The van der Waals surface area contributed by atoms with Crippen LogP contribution in [0.5, 0.6) is 0 Å². The van der Waals surface area contributed by atoms with E-state index in [4.69, 9.17) is 23.8 Å². The summed E-state index contributed by atoms with van der Waals surface area (Å²) in [5.41, 5.74) is 4.46. The Hall–Kier alpha value is -1.43. The van der Waals surface area contributed by atoms with Crippen LogP contribution in [-0.4, -0.2) is 11.3 Å². The Bertz CT molecular complexity index is 629. The molecule has 0 radical (unpaired) electrons. The highest BCUT2D eigenvalue weighted by Crippen LogP contribution is 2.20. The number of thiocarbonyl (C=S) groups is 1. The number of halogens is 2. The molecule has 0 aromatic heterocycles. The van der Waals surface area contributed by atoms with Crippen LogP contribution >= 0.6 is 39.7 Å².